The van der Waals surface area contributed by atoms with E-state index in [1.807, 2.05) is 0 Å². The summed E-state index contributed by atoms with van der Waals surface area (Å²) in [5.74, 6) is -0.604. The first kappa shape index (κ1) is 15.0. The Morgan fingerprint density at radius 1 is 1.48 bits per heavy atom. The summed E-state index contributed by atoms with van der Waals surface area (Å²) in [6, 6.07) is -0.541. The minimum atomic E-state index is -1.05. The highest BCUT2D eigenvalue weighted by Gasteiger charge is 2.54. The number of halogens is 1. The van der Waals surface area contributed by atoms with E-state index in [1.165, 1.54) is 0 Å². The number of nitrogens with one attached hydrogen (secondary N) is 1. The van der Waals surface area contributed by atoms with Gasteiger partial charge in [-0.1, -0.05) is 0 Å². The Bertz CT molecular complexity index is 545. The zero-order chi connectivity index (χ0) is 15.2. The van der Waals surface area contributed by atoms with Crippen molar-refractivity contribution in [2.45, 2.75) is 43.1 Å². The standard InChI is InChI=1S/C13H18BrN3O4/c14-8-4-15-17(5-8)13(1-2-13)12(21)16-9-3-7(6-18)10(19)11(9)20/h4-5,7,9-11,18-20H,1-3,6H2,(H,16,21)/t7-,9-,10-,11+/m0/s1. The Morgan fingerprint density at radius 3 is 2.67 bits per heavy atom. The average molecular weight is 360 g/mol. The third kappa shape index (κ3) is 2.50. The molecule has 0 unspecified atom stereocenters. The van der Waals surface area contributed by atoms with E-state index >= 15 is 0 Å². The first-order valence-corrected chi connectivity index (χ1v) is 7.76. The normalized spacial score (nSPS) is 33.9. The lowest BCUT2D eigenvalue weighted by Gasteiger charge is -2.22. The van der Waals surface area contributed by atoms with Crippen LogP contribution in [-0.2, 0) is 10.3 Å². The first-order valence-electron chi connectivity index (χ1n) is 6.96. The van der Waals surface area contributed by atoms with Gasteiger partial charge in [-0.25, -0.2) is 0 Å². The lowest BCUT2D eigenvalue weighted by atomic mass is 10.1. The predicted molar refractivity (Wildman–Crippen MR) is 76.3 cm³/mol. The predicted octanol–water partition coefficient (Wildman–Crippen LogP) is -0.647. The van der Waals surface area contributed by atoms with Gasteiger partial charge in [0, 0.05) is 18.7 Å². The van der Waals surface area contributed by atoms with E-state index in [4.69, 9.17) is 5.11 Å². The van der Waals surface area contributed by atoms with E-state index < -0.39 is 29.7 Å². The molecule has 2 fully saturated rings. The fourth-order valence-electron chi connectivity index (χ4n) is 2.96. The molecule has 1 aromatic rings. The van der Waals surface area contributed by atoms with Crippen LogP contribution in [-0.4, -0.2) is 55.9 Å². The van der Waals surface area contributed by atoms with Crippen molar-refractivity contribution >= 4 is 21.8 Å². The molecule has 0 aliphatic heterocycles. The van der Waals surface area contributed by atoms with Crippen molar-refractivity contribution in [1.29, 1.82) is 0 Å². The van der Waals surface area contributed by atoms with E-state index in [9.17, 15) is 15.0 Å². The molecule has 3 rings (SSSR count). The number of aliphatic hydroxyl groups excluding tert-OH is 3. The molecule has 0 aromatic carbocycles. The van der Waals surface area contributed by atoms with E-state index in [0.717, 1.165) is 4.47 Å². The molecule has 1 aromatic heterocycles. The lowest BCUT2D eigenvalue weighted by Crippen LogP contribution is -2.48. The summed E-state index contributed by atoms with van der Waals surface area (Å²) in [5, 5.41) is 35.9. The SMILES string of the molecule is O=C(N[C@H]1C[C@@H](CO)[C@H](O)[C@@H]1O)C1(n2cc(Br)cn2)CC1. The molecule has 0 saturated heterocycles. The summed E-state index contributed by atoms with van der Waals surface area (Å²) in [4.78, 5) is 12.5. The maximum Gasteiger partial charge on any atom is 0.248 e. The second kappa shape index (κ2) is 5.35. The molecule has 0 bridgehead atoms. The van der Waals surface area contributed by atoms with Gasteiger partial charge in [0.25, 0.3) is 0 Å². The van der Waals surface area contributed by atoms with Crippen LogP contribution < -0.4 is 5.32 Å². The monoisotopic (exact) mass is 359 g/mol. The van der Waals surface area contributed by atoms with Gasteiger partial charge < -0.3 is 20.6 Å². The minimum Gasteiger partial charge on any atom is -0.396 e. The van der Waals surface area contributed by atoms with Crippen molar-refractivity contribution in [1.82, 2.24) is 15.1 Å². The Balaban J connectivity index is 1.70. The summed E-state index contributed by atoms with van der Waals surface area (Å²) < 4.78 is 2.44. The summed E-state index contributed by atoms with van der Waals surface area (Å²) in [6.07, 6.45) is 3.08. The summed E-state index contributed by atoms with van der Waals surface area (Å²) in [7, 11) is 0. The van der Waals surface area contributed by atoms with E-state index in [2.05, 4.69) is 26.3 Å². The summed E-state index contributed by atoms with van der Waals surface area (Å²) >= 11 is 3.31. The van der Waals surface area contributed by atoms with Gasteiger partial charge in [-0.2, -0.15) is 5.10 Å². The number of aliphatic hydroxyl groups is 3. The molecular formula is C13H18BrN3O4. The molecule has 21 heavy (non-hydrogen) atoms. The number of carbonyl (C=O) groups excluding carboxylic acids is 1. The maximum atomic E-state index is 12.5. The molecule has 116 valence electrons. The Hall–Kier alpha value is -0.960. The summed E-state index contributed by atoms with van der Waals surface area (Å²) in [6.45, 7) is -0.207. The zero-order valence-corrected chi connectivity index (χ0v) is 12.9. The van der Waals surface area contributed by atoms with Gasteiger partial charge in [0.05, 0.1) is 22.8 Å². The lowest BCUT2D eigenvalue weighted by molar-refractivity contribution is -0.127. The van der Waals surface area contributed by atoms with Gasteiger partial charge in [-0.15, -0.1) is 0 Å². The first-order chi connectivity index (χ1) is 9.98. The number of hydrogen-bond acceptors (Lipinski definition) is 5. The molecule has 0 spiro atoms. The fraction of sp³-hybridized carbons (Fsp3) is 0.692. The van der Waals surface area contributed by atoms with E-state index in [-0.39, 0.29) is 12.5 Å². The summed E-state index contributed by atoms with van der Waals surface area (Å²) in [5.41, 5.74) is -0.687. The molecule has 0 radical (unpaired) electrons. The van der Waals surface area contributed by atoms with Crippen molar-refractivity contribution in [3.63, 3.8) is 0 Å². The molecule has 4 atom stereocenters. The number of hydrogen-bond donors (Lipinski definition) is 4. The number of amides is 1. The van der Waals surface area contributed by atoms with Crippen LogP contribution in [0.1, 0.15) is 19.3 Å². The van der Waals surface area contributed by atoms with Crippen molar-refractivity contribution < 1.29 is 20.1 Å². The average Bonchev–Trinajstić information content (AvgIpc) is 3.10. The van der Waals surface area contributed by atoms with Crippen molar-refractivity contribution in [3.05, 3.63) is 16.9 Å². The number of rotatable bonds is 4. The number of aromatic nitrogens is 2. The largest absolute Gasteiger partial charge is 0.396 e. The van der Waals surface area contributed by atoms with Crippen LogP contribution in [0.15, 0.2) is 16.9 Å². The second-order valence-corrected chi connectivity index (χ2v) is 6.79. The Kier molecular flexibility index (Phi) is 3.81. The molecule has 8 heteroatoms. The molecule has 1 amide bonds. The Morgan fingerprint density at radius 2 is 2.19 bits per heavy atom. The van der Waals surface area contributed by atoms with Crippen LogP contribution in [0.25, 0.3) is 0 Å². The van der Waals surface area contributed by atoms with Gasteiger partial charge in [0.15, 0.2) is 0 Å². The molecule has 2 aliphatic rings. The van der Waals surface area contributed by atoms with Crippen LogP contribution in [0.4, 0.5) is 0 Å². The van der Waals surface area contributed by atoms with E-state index in [0.29, 0.717) is 19.3 Å². The topological polar surface area (TPSA) is 108 Å². The van der Waals surface area contributed by atoms with Crippen LogP contribution in [0.2, 0.25) is 0 Å². The maximum absolute atomic E-state index is 12.5. The molecular weight excluding hydrogens is 342 g/mol. The smallest absolute Gasteiger partial charge is 0.248 e. The molecule has 4 N–H and O–H groups in total. The third-order valence-electron chi connectivity index (χ3n) is 4.49. The van der Waals surface area contributed by atoms with Crippen LogP contribution >= 0.6 is 15.9 Å². The zero-order valence-electron chi connectivity index (χ0n) is 11.3. The van der Waals surface area contributed by atoms with Gasteiger partial charge in [0.1, 0.15) is 11.6 Å². The Labute approximate surface area is 130 Å². The van der Waals surface area contributed by atoms with Gasteiger partial charge in [0.2, 0.25) is 5.91 Å². The molecule has 1 heterocycles. The molecule has 2 saturated carbocycles. The highest BCUT2D eigenvalue weighted by Crippen LogP contribution is 2.44. The quantitative estimate of drug-likeness (QED) is 0.571. The third-order valence-corrected chi connectivity index (χ3v) is 4.90. The van der Waals surface area contributed by atoms with Crippen molar-refractivity contribution in [2.24, 2.45) is 5.92 Å². The fourth-order valence-corrected chi connectivity index (χ4v) is 3.25. The van der Waals surface area contributed by atoms with Gasteiger partial charge in [-0.05, 0) is 35.2 Å². The minimum absolute atomic E-state index is 0.201. The highest BCUT2D eigenvalue weighted by molar-refractivity contribution is 9.10. The van der Waals surface area contributed by atoms with Crippen LogP contribution in [0, 0.1) is 5.92 Å². The van der Waals surface area contributed by atoms with Gasteiger partial charge >= 0.3 is 0 Å². The number of carbonyl (C=O) groups is 1. The second-order valence-electron chi connectivity index (χ2n) is 5.87. The van der Waals surface area contributed by atoms with Crippen molar-refractivity contribution in [3.8, 4) is 0 Å². The van der Waals surface area contributed by atoms with Crippen LogP contribution in [0.3, 0.4) is 0 Å². The molecule has 2 aliphatic carbocycles. The highest BCUT2D eigenvalue weighted by atomic mass is 79.9. The molecule has 7 nitrogen and oxygen atoms in total. The number of nitrogens with zero attached hydrogens (tertiary/aromatic N) is 2. The van der Waals surface area contributed by atoms with Crippen molar-refractivity contribution in [2.75, 3.05) is 6.61 Å². The van der Waals surface area contributed by atoms with Crippen LogP contribution in [0.5, 0.6) is 0 Å². The van der Waals surface area contributed by atoms with E-state index in [1.54, 1.807) is 17.1 Å². The van der Waals surface area contributed by atoms with Gasteiger partial charge in [-0.3, -0.25) is 9.48 Å².